The van der Waals surface area contributed by atoms with Gasteiger partial charge in [-0.15, -0.1) is 0 Å². The number of carbonyl (C=O) groups excluding carboxylic acids is 1. The van der Waals surface area contributed by atoms with Crippen molar-refractivity contribution in [2.75, 3.05) is 5.73 Å². The molecule has 10 heteroatoms. The second kappa shape index (κ2) is 9.28. The number of nitrogens with zero attached hydrogens (tertiary/aromatic N) is 2. The lowest BCUT2D eigenvalue weighted by Crippen LogP contribution is -2.30. The summed E-state index contributed by atoms with van der Waals surface area (Å²) in [6.45, 7) is -0.131. The molecule has 6 nitrogen and oxygen atoms in total. The third-order valence-electron chi connectivity index (χ3n) is 4.34. The standard InChI is InChI=1S/C21H15Cl2F2N3O3/c22-16-3-1-2-12(18(16)23)10-28(20(29)13-5-14(24)7-15(25)6-13)9-11-4-17(26)19(21(30)31)27-8-11/h1-8H,9-10,26H2,(H,30,31). The Morgan fingerprint density at radius 1 is 1.06 bits per heavy atom. The molecule has 2 aromatic carbocycles. The first-order valence-corrected chi connectivity index (χ1v) is 9.57. The van der Waals surface area contributed by atoms with E-state index in [1.807, 2.05) is 0 Å². The van der Waals surface area contributed by atoms with E-state index in [0.29, 0.717) is 17.2 Å². The highest BCUT2D eigenvalue weighted by Crippen LogP contribution is 2.28. The minimum atomic E-state index is -1.29. The number of hydrogen-bond donors (Lipinski definition) is 2. The van der Waals surface area contributed by atoms with Crippen LogP contribution in [0.3, 0.4) is 0 Å². The lowest BCUT2D eigenvalue weighted by molar-refractivity contribution is 0.0688. The van der Waals surface area contributed by atoms with E-state index in [9.17, 15) is 18.4 Å². The molecule has 0 saturated carbocycles. The van der Waals surface area contributed by atoms with Crippen molar-refractivity contribution >= 4 is 40.8 Å². The number of carboxylic acid groups (broad SMARTS) is 1. The Hall–Kier alpha value is -3.23. The van der Waals surface area contributed by atoms with Crippen molar-refractivity contribution in [2.45, 2.75) is 13.1 Å². The quantitative estimate of drug-likeness (QED) is 0.545. The summed E-state index contributed by atoms with van der Waals surface area (Å²) in [6, 6.07) is 8.73. The van der Waals surface area contributed by atoms with Gasteiger partial charge in [0.1, 0.15) is 11.6 Å². The van der Waals surface area contributed by atoms with E-state index in [-0.39, 0.29) is 40.1 Å². The number of nitrogens with two attached hydrogens (primary N) is 1. The van der Waals surface area contributed by atoms with Gasteiger partial charge in [0.15, 0.2) is 5.69 Å². The van der Waals surface area contributed by atoms with Crippen LogP contribution in [0.25, 0.3) is 0 Å². The van der Waals surface area contributed by atoms with Crippen molar-refractivity contribution in [1.82, 2.24) is 9.88 Å². The first-order valence-electron chi connectivity index (χ1n) is 8.81. The number of aromatic nitrogens is 1. The van der Waals surface area contributed by atoms with Crippen LogP contribution in [0.15, 0.2) is 48.7 Å². The van der Waals surface area contributed by atoms with Gasteiger partial charge in [0.05, 0.1) is 15.7 Å². The molecule has 160 valence electrons. The number of carboxylic acids is 1. The number of nitrogen functional groups attached to an aromatic ring is 1. The lowest BCUT2D eigenvalue weighted by Gasteiger charge is -2.24. The monoisotopic (exact) mass is 465 g/mol. The van der Waals surface area contributed by atoms with Gasteiger partial charge in [-0.05, 0) is 35.4 Å². The number of pyridine rings is 1. The zero-order valence-corrected chi connectivity index (χ0v) is 17.3. The lowest BCUT2D eigenvalue weighted by atomic mass is 10.1. The molecule has 0 spiro atoms. The predicted molar refractivity (Wildman–Crippen MR) is 112 cm³/mol. The molecule has 1 aromatic heterocycles. The molecule has 0 radical (unpaired) electrons. The van der Waals surface area contributed by atoms with E-state index in [4.69, 9.17) is 34.0 Å². The van der Waals surface area contributed by atoms with Crippen molar-refractivity contribution in [1.29, 1.82) is 0 Å². The normalized spacial score (nSPS) is 10.7. The molecule has 0 aliphatic rings. The summed E-state index contributed by atoms with van der Waals surface area (Å²) in [5.74, 6) is -3.78. The highest BCUT2D eigenvalue weighted by Gasteiger charge is 2.21. The average Bonchev–Trinajstić information content (AvgIpc) is 2.69. The van der Waals surface area contributed by atoms with Gasteiger partial charge in [-0.1, -0.05) is 35.3 Å². The number of carbonyl (C=O) groups is 2. The average molecular weight is 466 g/mol. The van der Waals surface area contributed by atoms with Crippen LogP contribution in [0.4, 0.5) is 14.5 Å². The van der Waals surface area contributed by atoms with Gasteiger partial charge in [-0.25, -0.2) is 18.6 Å². The summed E-state index contributed by atoms with van der Waals surface area (Å²) in [5, 5.41) is 9.58. The summed E-state index contributed by atoms with van der Waals surface area (Å²) < 4.78 is 27.3. The fraction of sp³-hybridized carbons (Fsp3) is 0.0952. The molecule has 0 saturated heterocycles. The number of hydrogen-bond acceptors (Lipinski definition) is 4. The summed E-state index contributed by atoms with van der Waals surface area (Å²) in [6.07, 6.45) is 1.26. The molecule has 0 atom stereocenters. The highest BCUT2D eigenvalue weighted by atomic mass is 35.5. The van der Waals surface area contributed by atoms with E-state index in [1.165, 1.54) is 17.2 Å². The van der Waals surface area contributed by atoms with Crippen LogP contribution in [-0.2, 0) is 13.1 Å². The van der Waals surface area contributed by atoms with Gasteiger partial charge in [-0.2, -0.15) is 0 Å². The zero-order valence-electron chi connectivity index (χ0n) is 15.8. The number of halogens is 4. The SMILES string of the molecule is Nc1cc(CN(Cc2cccc(Cl)c2Cl)C(=O)c2cc(F)cc(F)c2)cnc1C(=O)O. The van der Waals surface area contributed by atoms with Crippen molar-refractivity contribution in [3.05, 3.63) is 92.7 Å². The zero-order chi connectivity index (χ0) is 22.7. The third kappa shape index (κ3) is 5.28. The van der Waals surface area contributed by atoms with E-state index in [1.54, 1.807) is 18.2 Å². The first kappa shape index (κ1) is 22.5. The summed E-state index contributed by atoms with van der Waals surface area (Å²) in [7, 11) is 0. The molecule has 3 rings (SSSR count). The second-order valence-corrected chi connectivity index (χ2v) is 7.40. The number of anilines is 1. The second-order valence-electron chi connectivity index (χ2n) is 6.62. The van der Waals surface area contributed by atoms with Gasteiger partial charge in [0.25, 0.3) is 5.91 Å². The summed E-state index contributed by atoms with van der Waals surface area (Å²) in [5.41, 5.74) is 6.02. The molecule has 1 amide bonds. The third-order valence-corrected chi connectivity index (χ3v) is 5.20. The van der Waals surface area contributed by atoms with Crippen LogP contribution in [0.2, 0.25) is 10.0 Å². The molecule has 0 aliphatic carbocycles. The highest BCUT2D eigenvalue weighted by molar-refractivity contribution is 6.42. The Morgan fingerprint density at radius 2 is 1.74 bits per heavy atom. The van der Waals surface area contributed by atoms with Gasteiger partial charge in [0, 0.05) is 30.9 Å². The first-order chi connectivity index (χ1) is 14.7. The molecular formula is C21H15Cl2F2N3O3. The fourth-order valence-corrected chi connectivity index (χ4v) is 3.33. The van der Waals surface area contributed by atoms with Crippen molar-refractivity contribution in [2.24, 2.45) is 0 Å². The van der Waals surface area contributed by atoms with Crippen LogP contribution in [0, 0.1) is 11.6 Å². The van der Waals surface area contributed by atoms with Crippen LogP contribution >= 0.6 is 23.2 Å². The smallest absolute Gasteiger partial charge is 0.356 e. The van der Waals surface area contributed by atoms with Gasteiger partial charge < -0.3 is 15.7 Å². The maximum absolute atomic E-state index is 13.7. The number of amides is 1. The van der Waals surface area contributed by atoms with Gasteiger partial charge in [0.2, 0.25) is 0 Å². The maximum Gasteiger partial charge on any atom is 0.356 e. The topological polar surface area (TPSA) is 96.5 Å². The van der Waals surface area contributed by atoms with Crippen molar-refractivity contribution in [3.8, 4) is 0 Å². The summed E-state index contributed by atoms with van der Waals surface area (Å²) >= 11 is 12.3. The van der Waals surface area contributed by atoms with E-state index < -0.39 is 23.5 Å². The summed E-state index contributed by atoms with van der Waals surface area (Å²) in [4.78, 5) is 29.3. The Bertz CT molecular complexity index is 1150. The number of rotatable bonds is 6. The van der Waals surface area contributed by atoms with Crippen LogP contribution in [0.1, 0.15) is 32.0 Å². The van der Waals surface area contributed by atoms with E-state index in [0.717, 1.165) is 12.1 Å². The Kier molecular flexibility index (Phi) is 6.72. The minimum Gasteiger partial charge on any atom is -0.476 e. The van der Waals surface area contributed by atoms with Crippen molar-refractivity contribution in [3.63, 3.8) is 0 Å². The molecule has 0 bridgehead atoms. The molecule has 31 heavy (non-hydrogen) atoms. The minimum absolute atomic E-state index is 0.0447. The molecule has 0 aliphatic heterocycles. The van der Waals surface area contributed by atoms with Crippen LogP contribution in [-0.4, -0.2) is 26.9 Å². The fourth-order valence-electron chi connectivity index (χ4n) is 2.95. The Balaban J connectivity index is 1.99. The molecule has 3 aromatic rings. The molecule has 0 fully saturated rings. The Labute approximate surface area is 185 Å². The van der Waals surface area contributed by atoms with E-state index in [2.05, 4.69) is 4.98 Å². The Morgan fingerprint density at radius 3 is 2.35 bits per heavy atom. The predicted octanol–water partition coefficient (Wildman–Crippen LogP) is 4.79. The van der Waals surface area contributed by atoms with Crippen LogP contribution in [0.5, 0.6) is 0 Å². The van der Waals surface area contributed by atoms with Gasteiger partial charge >= 0.3 is 5.97 Å². The number of benzene rings is 2. The van der Waals surface area contributed by atoms with E-state index >= 15 is 0 Å². The largest absolute Gasteiger partial charge is 0.476 e. The molecule has 3 N–H and O–H groups in total. The maximum atomic E-state index is 13.7. The molecule has 0 unspecified atom stereocenters. The van der Waals surface area contributed by atoms with Gasteiger partial charge in [-0.3, -0.25) is 4.79 Å². The number of aromatic carboxylic acids is 1. The van der Waals surface area contributed by atoms with Crippen LogP contribution < -0.4 is 5.73 Å². The van der Waals surface area contributed by atoms with Crippen molar-refractivity contribution < 1.29 is 23.5 Å². The molecule has 1 heterocycles. The molecular weight excluding hydrogens is 451 g/mol.